The summed E-state index contributed by atoms with van der Waals surface area (Å²) in [6.07, 6.45) is 0.658. The quantitative estimate of drug-likeness (QED) is 0.833. The van der Waals surface area contributed by atoms with Gasteiger partial charge in [-0.25, -0.2) is 0 Å². The van der Waals surface area contributed by atoms with Gasteiger partial charge in [0, 0.05) is 17.8 Å². The first-order chi connectivity index (χ1) is 8.61. The summed E-state index contributed by atoms with van der Waals surface area (Å²) in [6.45, 7) is 3.62. The molecule has 0 bridgehead atoms. The Labute approximate surface area is 111 Å². The highest BCUT2D eigenvalue weighted by Gasteiger charge is 2.40. The molecule has 1 fully saturated rings. The predicted octanol–water partition coefficient (Wildman–Crippen LogP) is 2.90. The number of halogens is 1. The maximum Gasteiger partial charge on any atom is 0.153 e. The average Bonchev–Trinajstić information content (AvgIpc) is 2.79. The monoisotopic (exact) mass is 265 g/mol. The molecule has 0 amide bonds. The Bertz CT molecular complexity index is 580. The number of fused-ring (bicyclic) bond motifs is 1. The fourth-order valence-corrected chi connectivity index (χ4v) is 2.84. The molecule has 2 unspecified atom stereocenters. The van der Waals surface area contributed by atoms with E-state index >= 15 is 0 Å². The first-order valence-corrected chi connectivity index (χ1v) is 6.61. The molecular weight excluding hydrogens is 250 g/mol. The average molecular weight is 266 g/mol. The molecule has 2 aromatic rings. The van der Waals surface area contributed by atoms with Crippen LogP contribution in [-0.2, 0) is 5.60 Å². The van der Waals surface area contributed by atoms with Crippen molar-refractivity contribution in [2.75, 3.05) is 13.1 Å². The number of hydrogen-bond donors (Lipinski definition) is 2. The minimum absolute atomic E-state index is 0.116. The lowest BCUT2D eigenvalue weighted by Gasteiger charge is -2.36. The summed E-state index contributed by atoms with van der Waals surface area (Å²) in [4.78, 5) is 0. The second-order valence-electron chi connectivity index (χ2n) is 5.05. The van der Waals surface area contributed by atoms with Gasteiger partial charge < -0.3 is 14.8 Å². The smallest absolute Gasteiger partial charge is 0.153 e. The molecule has 3 nitrogen and oxygen atoms in total. The van der Waals surface area contributed by atoms with Crippen LogP contribution in [0.4, 0.5) is 0 Å². The van der Waals surface area contributed by atoms with Crippen molar-refractivity contribution in [1.82, 2.24) is 5.32 Å². The lowest BCUT2D eigenvalue weighted by atomic mass is 9.81. The van der Waals surface area contributed by atoms with E-state index in [0.717, 1.165) is 18.5 Å². The van der Waals surface area contributed by atoms with Crippen molar-refractivity contribution in [2.24, 2.45) is 5.92 Å². The number of nitrogens with one attached hydrogen (secondary N) is 1. The first-order valence-electron chi connectivity index (χ1n) is 6.23. The van der Waals surface area contributed by atoms with Gasteiger partial charge in [-0.2, -0.15) is 0 Å². The zero-order valence-corrected chi connectivity index (χ0v) is 11.0. The molecule has 1 aliphatic rings. The van der Waals surface area contributed by atoms with Crippen molar-refractivity contribution >= 4 is 22.6 Å². The number of furan rings is 1. The number of hydrogen-bond acceptors (Lipinski definition) is 3. The summed E-state index contributed by atoms with van der Waals surface area (Å²) in [5, 5.41) is 15.6. The van der Waals surface area contributed by atoms with Crippen LogP contribution in [0.25, 0.3) is 11.0 Å². The second kappa shape index (κ2) is 4.26. The number of rotatable bonds is 1. The minimum atomic E-state index is -0.895. The maximum atomic E-state index is 10.8. The summed E-state index contributed by atoms with van der Waals surface area (Å²) in [6, 6.07) is 7.54. The van der Waals surface area contributed by atoms with E-state index in [2.05, 4.69) is 5.32 Å². The van der Waals surface area contributed by atoms with Crippen LogP contribution in [0, 0.1) is 5.92 Å². The molecule has 1 aromatic heterocycles. The lowest BCUT2D eigenvalue weighted by molar-refractivity contribution is -0.0553. The first kappa shape index (κ1) is 12.0. The fourth-order valence-electron chi connectivity index (χ4n) is 2.62. The number of benzene rings is 1. The summed E-state index contributed by atoms with van der Waals surface area (Å²) >= 11 is 6.10. The standard InChI is InChI=1S/C14H16ClNO2/c1-9-8-16-6-5-14(9,17)12-7-10-3-2-4-11(15)13(10)18-12/h2-4,7,9,16-17H,5-6,8H2,1H3. The largest absolute Gasteiger partial charge is 0.456 e. The Morgan fingerprint density at radius 1 is 1.50 bits per heavy atom. The molecule has 2 heterocycles. The Kier molecular flexibility index (Phi) is 2.85. The summed E-state index contributed by atoms with van der Waals surface area (Å²) < 4.78 is 5.80. The zero-order valence-electron chi connectivity index (χ0n) is 10.2. The Hall–Kier alpha value is -1.03. The number of aliphatic hydroxyl groups is 1. The van der Waals surface area contributed by atoms with Gasteiger partial charge in [-0.3, -0.25) is 0 Å². The van der Waals surface area contributed by atoms with Crippen molar-refractivity contribution < 1.29 is 9.52 Å². The molecule has 0 radical (unpaired) electrons. The number of para-hydroxylation sites is 1. The van der Waals surface area contributed by atoms with E-state index in [9.17, 15) is 5.11 Å². The van der Waals surface area contributed by atoms with E-state index in [1.54, 1.807) is 6.07 Å². The molecule has 96 valence electrons. The zero-order chi connectivity index (χ0) is 12.8. The van der Waals surface area contributed by atoms with E-state index in [1.165, 1.54) is 0 Å². The highest BCUT2D eigenvalue weighted by atomic mass is 35.5. The molecule has 1 aromatic carbocycles. The highest BCUT2D eigenvalue weighted by Crippen LogP contribution is 2.39. The van der Waals surface area contributed by atoms with Crippen molar-refractivity contribution in [3.63, 3.8) is 0 Å². The van der Waals surface area contributed by atoms with Crippen LogP contribution in [0.2, 0.25) is 5.02 Å². The topological polar surface area (TPSA) is 45.4 Å². The van der Waals surface area contributed by atoms with Gasteiger partial charge in [0.2, 0.25) is 0 Å². The van der Waals surface area contributed by atoms with Crippen LogP contribution >= 0.6 is 11.6 Å². The molecule has 1 saturated heterocycles. The third-order valence-corrected chi connectivity index (χ3v) is 4.17. The molecule has 2 N–H and O–H groups in total. The van der Waals surface area contributed by atoms with Gasteiger partial charge >= 0.3 is 0 Å². The molecule has 0 saturated carbocycles. The highest BCUT2D eigenvalue weighted by molar-refractivity contribution is 6.34. The van der Waals surface area contributed by atoms with Crippen LogP contribution in [0.1, 0.15) is 19.1 Å². The van der Waals surface area contributed by atoms with Gasteiger partial charge in [-0.1, -0.05) is 30.7 Å². The third-order valence-electron chi connectivity index (χ3n) is 3.87. The van der Waals surface area contributed by atoms with Gasteiger partial charge in [-0.15, -0.1) is 0 Å². The molecule has 2 atom stereocenters. The summed E-state index contributed by atoms with van der Waals surface area (Å²) in [7, 11) is 0. The van der Waals surface area contributed by atoms with E-state index in [4.69, 9.17) is 16.0 Å². The minimum Gasteiger partial charge on any atom is -0.456 e. The second-order valence-corrected chi connectivity index (χ2v) is 5.46. The molecule has 1 aliphatic heterocycles. The van der Waals surface area contributed by atoms with Crippen LogP contribution < -0.4 is 5.32 Å². The van der Waals surface area contributed by atoms with Crippen molar-refractivity contribution in [2.45, 2.75) is 18.9 Å². The molecular formula is C14H16ClNO2. The van der Waals surface area contributed by atoms with Gasteiger partial charge in [0.05, 0.1) is 5.02 Å². The predicted molar refractivity (Wildman–Crippen MR) is 71.8 cm³/mol. The molecule has 18 heavy (non-hydrogen) atoms. The Balaban J connectivity index is 2.11. The number of piperidine rings is 1. The van der Waals surface area contributed by atoms with E-state index < -0.39 is 5.60 Å². The van der Waals surface area contributed by atoms with Gasteiger partial charge in [0.1, 0.15) is 11.4 Å². The Morgan fingerprint density at radius 2 is 2.33 bits per heavy atom. The van der Waals surface area contributed by atoms with Crippen LogP contribution in [0.15, 0.2) is 28.7 Å². The fraction of sp³-hybridized carbons (Fsp3) is 0.429. The van der Waals surface area contributed by atoms with Crippen molar-refractivity contribution in [3.8, 4) is 0 Å². The van der Waals surface area contributed by atoms with E-state index in [1.807, 2.05) is 25.1 Å². The van der Waals surface area contributed by atoms with Crippen molar-refractivity contribution in [3.05, 3.63) is 35.0 Å². The van der Waals surface area contributed by atoms with Gasteiger partial charge in [-0.05, 0) is 25.1 Å². The summed E-state index contributed by atoms with van der Waals surface area (Å²) in [5.41, 5.74) is -0.235. The van der Waals surface area contributed by atoms with Crippen molar-refractivity contribution in [1.29, 1.82) is 0 Å². The molecule has 0 aliphatic carbocycles. The molecule has 3 rings (SSSR count). The Morgan fingerprint density at radius 3 is 3.06 bits per heavy atom. The third kappa shape index (κ3) is 1.74. The summed E-state index contributed by atoms with van der Waals surface area (Å²) in [5.74, 6) is 0.741. The van der Waals surface area contributed by atoms with E-state index in [-0.39, 0.29) is 5.92 Å². The maximum absolute atomic E-state index is 10.8. The molecule has 4 heteroatoms. The van der Waals surface area contributed by atoms with Gasteiger partial charge in [0.25, 0.3) is 0 Å². The SMILES string of the molecule is CC1CNCCC1(O)c1cc2cccc(Cl)c2o1. The normalized spacial score (nSPS) is 28.7. The van der Waals surface area contributed by atoms with Crippen LogP contribution in [0.3, 0.4) is 0 Å². The molecule has 0 spiro atoms. The van der Waals surface area contributed by atoms with Crippen LogP contribution in [0.5, 0.6) is 0 Å². The van der Waals surface area contributed by atoms with Gasteiger partial charge in [0.15, 0.2) is 5.58 Å². The van der Waals surface area contributed by atoms with Crippen LogP contribution in [-0.4, -0.2) is 18.2 Å². The lowest BCUT2D eigenvalue weighted by Crippen LogP contribution is -2.46. The van der Waals surface area contributed by atoms with E-state index in [0.29, 0.717) is 22.8 Å².